The second-order valence-electron chi connectivity index (χ2n) is 3.09. The molecule has 0 spiro atoms. The zero-order valence-corrected chi connectivity index (χ0v) is 8.47. The van der Waals surface area contributed by atoms with Crippen molar-refractivity contribution in [3.05, 3.63) is 6.33 Å². The van der Waals surface area contributed by atoms with E-state index < -0.39 is 12.1 Å². The van der Waals surface area contributed by atoms with Crippen molar-refractivity contribution in [1.82, 2.24) is 19.7 Å². The maximum absolute atomic E-state index is 12.0. The zero-order valence-electron chi connectivity index (χ0n) is 8.47. The Balaban J connectivity index is 2.44. The van der Waals surface area contributed by atoms with Crippen LogP contribution in [0.5, 0.6) is 0 Å². The molecule has 0 aliphatic carbocycles. The lowest BCUT2D eigenvalue weighted by molar-refractivity contribution is -0.199. The minimum Gasteiger partial charge on any atom is -0.382 e. The summed E-state index contributed by atoms with van der Waals surface area (Å²) in [6.45, 7) is 0. The SMILES string of the molecule is Nc1nc(N)c2ncn(OC(=O)C(F)(F)F)c2n1. The van der Waals surface area contributed by atoms with Crippen molar-refractivity contribution in [2.75, 3.05) is 11.5 Å². The predicted molar refractivity (Wildman–Crippen MR) is 51.8 cm³/mol. The second kappa shape index (κ2) is 3.72. The van der Waals surface area contributed by atoms with Gasteiger partial charge in [-0.05, 0) is 0 Å². The van der Waals surface area contributed by atoms with Crippen LogP contribution < -0.4 is 16.3 Å². The van der Waals surface area contributed by atoms with Gasteiger partial charge in [0.05, 0.1) is 0 Å². The Bertz CT molecular complexity index is 621. The van der Waals surface area contributed by atoms with Gasteiger partial charge in [-0.1, -0.05) is 0 Å². The molecule has 18 heavy (non-hydrogen) atoms. The summed E-state index contributed by atoms with van der Waals surface area (Å²) in [7, 11) is 0. The topological polar surface area (TPSA) is 122 Å². The van der Waals surface area contributed by atoms with Gasteiger partial charge in [-0.3, -0.25) is 0 Å². The minimum absolute atomic E-state index is 0.0285. The summed E-state index contributed by atoms with van der Waals surface area (Å²) in [5, 5.41) is 0. The van der Waals surface area contributed by atoms with E-state index in [4.69, 9.17) is 11.5 Å². The zero-order chi connectivity index (χ0) is 13.5. The first-order chi connectivity index (χ1) is 8.29. The van der Waals surface area contributed by atoms with Gasteiger partial charge in [-0.2, -0.15) is 23.1 Å². The van der Waals surface area contributed by atoms with Crippen LogP contribution in [0.2, 0.25) is 0 Å². The van der Waals surface area contributed by atoms with Gasteiger partial charge in [0.25, 0.3) is 0 Å². The van der Waals surface area contributed by atoms with Gasteiger partial charge in [0.2, 0.25) is 11.6 Å². The number of halogens is 3. The molecule has 96 valence electrons. The maximum Gasteiger partial charge on any atom is 0.493 e. The molecule has 11 heteroatoms. The van der Waals surface area contributed by atoms with Crippen LogP contribution in [0, 0.1) is 0 Å². The van der Waals surface area contributed by atoms with Crippen LogP contribution >= 0.6 is 0 Å². The fourth-order valence-corrected chi connectivity index (χ4v) is 1.13. The molecule has 0 saturated heterocycles. The van der Waals surface area contributed by atoms with Gasteiger partial charge >= 0.3 is 12.1 Å². The summed E-state index contributed by atoms with van der Waals surface area (Å²) < 4.78 is 36.4. The Morgan fingerprint density at radius 3 is 2.61 bits per heavy atom. The highest BCUT2D eigenvalue weighted by molar-refractivity contribution is 5.83. The lowest BCUT2D eigenvalue weighted by Crippen LogP contribution is -2.33. The lowest BCUT2D eigenvalue weighted by atomic mass is 10.5. The highest BCUT2D eigenvalue weighted by Gasteiger charge is 2.42. The van der Waals surface area contributed by atoms with Gasteiger partial charge in [-0.25, -0.2) is 9.78 Å². The number of alkyl halides is 3. The van der Waals surface area contributed by atoms with E-state index in [1.165, 1.54) is 0 Å². The summed E-state index contributed by atoms with van der Waals surface area (Å²) in [5.41, 5.74) is 10.4. The number of nitrogens with zero attached hydrogens (tertiary/aromatic N) is 4. The van der Waals surface area contributed by atoms with Crippen molar-refractivity contribution < 1.29 is 22.8 Å². The van der Waals surface area contributed by atoms with E-state index >= 15 is 0 Å². The van der Waals surface area contributed by atoms with Crippen LogP contribution in [0.4, 0.5) is 24.9 Å². The molecule has 0 amide bonds. The molecule has 0 aliphatic rings. The molecule has 0 atom stereocenters. The van der Waals surface area contributed by atoms with Crippen molar-refractivity contribution in [1.29, 1.82) is 0 Å². The first-order valence-electron chi connectivity index (χ1n) is 4.34. The van der Waals surface area contributed by atoms with Gasteiger partial charge in [0, 0.05) is 0 Å². The number of fused-ring (bicyclic) bond motifs is 1. The summed E-state index contributed by atoms with van der Waals surface area (Å²) in [6.07, 6.45) is -4.33. The fraction of sp³-hybridized carbons (Fsp3) is 0.143. The van der Waals surface area contributed by atoms with Crippen LogP contribution in [-0.2, 0) is 4.79 Å². The first-order valence-corrected chi connectivity index (χ1v) is 4.34. The monoisotopic (exact) mass is 262 g/mol. The van der Waals surface area contributed by atoms with Crippen molar-refractivity contribution in [3.63, 3.8) is 0 Å². The number of nitrogen functional groups attached to an aromatic ring is 2. The van der Waals surface area contributed by atoms with E-state index in [1.807, 2.05) is 0 Å². The lowest BCUT2D eigenvalue weighted by Gasteiger charge is -2.06. The van der Waals surface area contributed by atoms with Gasteiger partial charge < -0.3 is 16.3 Å². The smallest absolute Gasteiger partial charge is 0.382 e. The Labute approximate surface area is 96.3 Å². The number of anilines is 2. The van der Waals surface area contributed by atoms with Crippen LogP contribution in [-0.4, -0.2) is 31.8 Å². The number of hydrogen-bond acceptors (Lipinski definition) is 7. The molecule has 2 rings (SSSR count). The molecular formula is C7H5F3N6O2. The van der Waals surface area contributed by atoms with Crippen molar-refractivity contribution in [2.45, 2.75) is 6.18 Å². The molecule has 2 aromatic rings. The summed E-state index contributed by atoms with van der Waals surface area (Å²) >= 11 is 0. The standard InChI is InChI=1S/C7H5F3N6O2/c8-7(9,10)5(17)18-16-1-13-2-3(11)14-6(12)15-4(2)16/h1H,(H4,11,12,14,15). The quantitative estimate of drug-likeness (QED) is 0.710. The van der Waals surface area contributed by atoms with Crippen LogP contribution in [0.15, 0.2) is 6.33 Å². The van der Waals surface area contributed by atoms with E-state index in [9.17, 15) is 18.0 Å². The number of hydrogen-bond donors (Lipinski definition) is 2. The number of aromatic nitrogens is 4. The summed E-state index contributed by atoms with van der Waals surface area (Å²) in [6, 6.07) is 0. The number of nitrogens with two attached hydrogens (primary N) is 2. The number of imidazole rings is 1. The average molecular weight is 262 g/mol. The van der Waals surface area contributed by atoms with E-state index in [-0.39, 0.29) is 22.9 Å². The number of carbonyl (C=O) groups is 1. The molecule has 0 aromatic carbocycles. The van der Waals surface area contributed by atoms with Crippen molar-refractivity contribution in [3.8, 4) is 0 Å². The molecule has 0 bridgehead atoms. The molecule has 4 N–H and O–H groups in total. The molecule has 0 fully saturated rings. The molecule has 0 unspecified atom stereocenters. The third-order valence-corrected chi connectivity index (χ3v) is 1.82. The molecule has 0 saturated carbocycles. The summed E-state index contributed by atoms with van der Waals surface area (Å²) in [4.78, 5) is 25.4. The molecule has 2 aromatic heterocycles. The Kier molecular flexibility index (Phi) is 2.45. The van der Waals surface area contributed by atoms with E-state index in [0.717, 1.165) is 6.33 Å². The third-order valence-electron chi connectivity index (χ3n) is 1.82. The Morgan fingerprint density at radius 2 is 2.00 bits per heavy atom. The van der Waals surface area contributed by atoms with Gasteiger partial charge in [0.1, 0.15) is 6.33 Å². The van der Waals surface area contributed by atoms with E-state index in [0.29, 0.717) is 4.73 Å². The summed E-state index contributed by atoms with van der Waals surface area (Å²) in [5.74, 6) is -2.85. The van der Waals surface area contributed by atoms with E-state index in [1.54, 1.807) is 0 Å². The molecule has 0 aliphatic heterocycles. The average Bonchev–Trinajstić information content (AvgIpc) is 2.60. The van der Waals surface area contributed by atoms with Gasteiger partial charge in [-0.15, -0.1) is 4.73 Å². The Hall–Kier alpha value is -2.59. The highest BCUT2D eigenvalue weighted by Crippen LogP contribution is 2.18. The van der Waals surface area contributed by atoms with Crippen LogP contribution in [0.25, 0.3) is 11.2 Å². The minimum atomic E-state index is -5.14. The Morgan fingerprint density at radius 1 is 1.33 bits per heavy atom. The third kappa shape index (κ3) is 1.97. The molecule has 0 radical (unpaired) electrons. The number of rotatable bonds is 1. The maximum atomic E-state index is 12.0. The van der Waals surface area contributed by atoms with Crippen LogP contribution in [0.3, 0.4) is 0 Å². The molecule has 2 heterocycles. The molecular weight excluding hydrogens is 257 g/mol. The predicted octanol–water partition coefficient (Wildman–Crippen LogP) is -0.492. The van der Waals surface area contributed by atoms with Crippen molar-refractivity contribution >= 4 is 28.9 Å². The van der Waals surface area contributed by atoms with Crippen molar-refractivity contribution in [2.24, 2.45) is 0 Å². The highest BCUT2D eigenvalue weighted by atomic mass is 19.4. The first kappa shape index (κ1) is 11.9. The number of carbonyl (C=O) groups excluding carboxylic acids is 1. The van der Waals surface area contributed by atoms with Crippen LogP contribution in [0.1, 0.15) is 0 Å². The fourth-order valence-electron chi connectivity index (χ4n) is 1.13. The molecule has 8 nitrogen and oxygen atoms in total. The normalized spacial score (nSPS) is 11.7. The second-order valence-corrected chi connectivity index (χ2v) is 3.09. The van der Waals surface area contributed by atoms with E-state index in [2.05, 4.69) is 19.8 Å². The largest absolute Gasteiger partial charge is 0.493 e. The van der Waals surface area contributed by atoms with Gasteiger partial charge in [0.15, 0.2) is 11.3 Å².